The molecule has 4 rings (SSSR count). The summed E-state index contributed by atoms with van der Waals surface area (Å²) < 4.78 is 2.05. The molecule has 2 aromatic heterocycles. The summed E-state index contributed by atoms with van der Waals surface area (Å²) in [7, 11) is 0. The number of benzene rings is 2. The molecular weight excluding hydrogens is 392 g/mol. The Morgan fingerprint density at radius 2 is 1.87 bits per heavy atom. The number of carbonyl (C=O) groups is 1. The van der Waals surface area contributed by atoms with Crippen molar-refractivity contribution < 1.29 is 4.79 Å². The van der Waals surface area contributed by atoms with Crippen LogP contribution in [0.25, 0.3) is 16.6 Å². The zero-order valence-electron chi connectivity index (χ0n) is 17.6. The molecule has 2 heterocycles. The molecule has 0 saturated carbocycles. The van der Waals surface area contributed by atoms with Crippen LogP contribution in [0.3, 0.4) is 0 Å². The van der Waals surface area contributed by atoms with Gasteiger partial charge >= 0.3 is 0 Å². The van der Waals surface area contributed by atoms with E-state index < -0.39 is 0 Å². The lowest BCUT2D eigenvalue weighted by Gasteiger charge is -2.10. The van der Waals surface area contributed by atoms with Crippen molar-refractivity contribution in [1.29, 1.82) is 0 Å². The Bertz CT molecular complexity index is 1200. The SMILES string of the molecule is CCCCc1ccc(NC(=O)CSc2nnc3cc(C)c4cccc(C)c4n23)cc1. The van der Waals surface area contributed by atoms with Crippen LogP contribution in [0.15, 0.2) is 53.7 Å². The predicted octanol–water partition coefficient (Wildman–Crippen LogP) is 5.57. The second-order valence-corrected chi connectivity index (χ2v) is 8.55. The van der Waals surface area contributed by atoms with E-state index in [-0.39, 0.29) is 11.7 Å². The van der Waals surface area contributed by atoms with Gasteiger partial charge in [-0.1, -0.05) is 55.4 Å². The molecule has 0 saturated heterocycles. The number of anilines is 1. The molecule has 0 bridgehead atoms. The lowest BCUT2D eigenvalue weighted by molar-refractivity contribution is -0.113. The Labute approximate surface area is 180 Å². The fraction of sp³-hybridized carbons (Fsp3) is 0.292. The number of pyridine rings is 1. The third-order valence-corrected chi connectivity index (χ3v) is 6.21. The van der Waals surface area contributed by atoms with Gasteiger partial charge in [-0.15, -0.1) is 10.2 Å². The van der Waals surface area contributed by atoms with Crippen molar-refractivity contribution in [1.82, 2.24) is 14.6 Å². The van der Waals surface area contributed by atoms with Crippen LogP contribution in [0.1, 0.15) is 36.5 Å². The number of aryl methyl sites for hydroxylation is 3. The van der Waals surface area contributed by atoms with E-state index in [1.807, 2.05) is 18.2 Å². The smallest absolute Gasteiger partial charge is 0.234 e. The van der Waals surface area contributed by atoms with E-state index in [9.17, 15) is 4.79 Å². The van der Waals surface area contributed by atoms with E-state index in [1.54, 1.807) is 0 Å². The van der Waals surface area contributed by atoms with Gasteiger partial charge in [0.15, 0.2) is 10.8 Å². The van der Waals surface area contributed by atoms with Crippen LogP contribution in [0.5, 0.6) is 0 Å². The highest BCUT2D eigenvalue weighted by molar-refractivity contribution is 7.99. The average molecular weight is 419 g/mol. The van der Waals surface area contributed by atoms with E-state index in [0.29, 0.717) is 0 Å². The molecule has 0 fully saturated rings. The fourth-order valence-corrected chi connectivity index (χ4v) is 4.43. The minimum Gasteiger partial charge on any atom is -0.325 e. The number of carbonyl (C=O) groups excluding carboxylic acids is 1. The lowest BCUT2D eigenvalue weighted by atomic mass is 10.1. The van der Waals surface area contributed by atoms with Gasteiger partial charge in [-0.05, 0) is 61.6 Å². The molecule has 1 amide bonds. The first-order valence-corrected chi connectivity index (χ1v) is 11.3. The van der Waals surface area contributed by atoms with Gasteiger partial charge in [-0.3, -0.25) is 9.20 Å². The molecule has 30 heavy (non-hydrogen) atoms. The molecule has 2 aromatic carbocycles. The van der Waals surface area contributed by atoms with Gasteiger partial charge < -0.3 is 5.32 Å². The Morgan fingerprint density at radius 1 is 1.07 bits per heavy atom. The van der Waals surface area contributed by atoms with E-state index >= 15 is 0 Å². The zero-order valence-corrected chi connectivity index (χ0v) is 18.4. The highest BCUT2D eigenvalue weighted by Gasteiger charge is 2.14. The summed E-state index contributed by atoms with van der Waals surface area (Å²) in [6.07, 6.45) is 3.44. The third kappa shape index (κ3) is 4.19. The first kappa shape index (κ1) is 20.4. The monoisotopic (exact) mass is 418 g/mol. The Balaban J connectivity index is 1.49. The molecular formula is C24H26N4OS. The van der Waals surface area contributed by atoms with Crippen molar-refractivity contribution in [2.45, 2.75) is 45.2 Å². The van der Waals surface area contributed by atoms with Gasteiger partial charge in [0.2, 0.25) is 5.91 Å². The molecule has 0 unspecified atom stereocenters. The Hall–Kier alpha value is -2.86. The Morgan fingerprint density at radius 3 is 2.63 bits per heavy atom. The van der Waals surface area contributed by atoms with Gasteiger partial charge in [0.05, 0.1) is 11.3 Å². The predicted molar refractivity (Wildman–Crippen MR) is 124 cm³/mol. The highest BCUT2D eigenvalue weighted by atomic mass is 32.2. The molecule has 0 aliphatic rings. The number of para-hydroxylation sites is 1. The Kier molecular flexibility index (Phi) is 6.04. The van der Waals surface area contributed by atoms with Gasteiger partial charge in [0, 0.05) is 11.1 Å². The first-order valence-electron chi connectivity index (χ1n) is 10.3. The second kappa shape index (κ2) is 8.88. The van der Waals surface area contributed by atoms with Crippen LogP contribution in [-0.4, -0.2) is 26.3 Å². The van der Waals surface area contributed by atoms with Crippen molar-refractivity contribution in [3.63, 3.8) is 0 Å². The van der Waals surface area contributed by atoms with Gasteiger partial charge in [-0.2, -0.15) is 0 Å². The minimum atomic E-state index is -0.0498. The largest absolute Gasteiger partial charge is 0.325 e. The summed E-state index contributed by atoms with van der Waals surface area (Å²) in [5, 5.41) is 13.6. The van der Waals surface area contributed by atoms with Crippen LogP contribution in [0.2, 0.25) is 0 Å². The summed E-state index contributed by atoms with van der Waals surface area (Å²) in [5.41, 5.74) is 6.37. The van der Waals surface area contributed by atoms with Crippen molar-refractivity contribution >= 4 is 39.9 Å². The molecule has 5 nitrogen and oxygen atoms in total. The van der Waals surface area contributed by atoms with Crippen molar-refractivity contribution in [3.05, 3.63) is 65.2 Å². The van der Waals surface area contributed by atoms with E-state index in [4.69, 9.17) is 0 Å². The third-order valence-electron chi connectivity index (χ3n) is 5.28. The number of amides is 1. The fourth-order valence-electron chi connectivity index (χ4n) is 3.69. The summed E-state index contributed by atoms with van der Waals surface area (Å²) in [5.74, 6) is 0.228. The second-order valence-electron chi connectivity index (χ2n) is 7.61. The topological polar surface area (TPSA) is 59.3 Å². The number of hydrogen-bond acceptors (Lipinski definition) is 4. The van der Waals surface area contributed by atoms with Crippen LogP contribution < -0.4 is 5.32 Å². The summed E-state index contributed by atoms with van der Waals surface area (Å²) in [6, 6.07) is 16.4. The number of nitrogens with one attached hydrogen (secondary N) is 1. The molecule has 0 spiro atoms. The number of aromatic nitrogens is 3. The van der Waals surface area contributed by atoms with Crippen molar-refractivity contribution in [3.8, 4) is 0 Å². The molecule has 0 aliphatic heterocycles. The summed E-state index contributed by atoms with van der Waals surface area (Å²) >= 11 is 1.40. The number of fused-ring (bicyclic) bond motifs is 3. The van der Waals surface area contributed by atoms with E-state index in [0.717, 1.165) is 34.0 Å². The minimum absolute atomic E-state index is 0.0498. The maximum absolute atomic E-state index is 12.5. The molecule has 0 aliphatic carbocycles. The summed E-state index contributed by atoms with van der Waals surface area (Å²) in [4.78, 5) is 12.5. The first-order chi connectivity index (χ1) is 14.6. The number of nitrogens with zero attached hydrogens (tertiary/aromatic N) is 3. The number of thioether (sulfide) groups is 1. The molecule has 0 radical (unpaired) electrons. The molecule has 154 valence electrons. The van der Waals surface area contributed by atoms with Crippen LogP contribution >= 0.6 is 11.8 Å². The van der Waals surface area contributed by atoms with Gasteiger partial charge in [-0.25, -0.2) is 0 Å². The van der Waals surface area contributed by atoms with Gasteiger partial charge in [0.1, 0.15) is 0 Å². The zero-order chi connectivity index (χ0) is 21.1. The van der Waals surface area contributed by atoms with Crippen molar-refractivity contribution in [2.24, 2.45) is 0 Å². The van der Waals surface area contributed by atoms with Gasteiger partial charge in [0.25, 0.3) is 0 Å². The van der Waals surface area contributed by atoms with Crippen molar-refractivity contribution in [2.75, 3.05) is 11.1 Å². The maximum Gasteiger partial charge on any atom is 0.234 e. The standard InChI is InChI=1S/C24H26N4OS/c1-4-5-8-18-10-12-19(13-11-18)25-22(29)15-30-24-27-26-21-14-17(3)20-9-6-7-16(2)23(20)28(21)24/h6-7,9-14H,4-5,8,15H2,1-3H3,(H,25,29). The maximum atomic E-state index is 12.5. The van der Waals surface area contributed by atoms with Crippen LogP contribution in [0, 0.1) is 13.8 Å². The number of hydrogen-bond donors (Lipinski definition) is 1. The van der Waals surface area contributed by atoms with E-state index in [2.05, 4.69) is 71.0 Å². The van der Waals surface area contributed by atoms with E-state index in [1.165, 1.54) is 41.1 Å². The normalized spacial score (nSPS) is 11.3. The number of unbranched alkanes of at least 4 members (excludes halogenated alkanes) is 1. The molecule has 0 atom stereocenters. The molecule has 4 aromatic rings. The van der Waals surface area contributed by atoms with Crippen LogP contribution in [0.4, 0.5) is 5.69 Å². The molecule has 6 heteroatoms. The lowest BCUT2D eigenvalue weighted by Crippen LogP contribution is -2.14. The highest BCUT2D eigenvalue weighted by Crippen LogP contribution is 2.28. The quantitative estimate of drug-likeness (QED) is 0.399. The van der Waals surface area contributed by atoms with Crippen LogP contribution in [-0.2, 0) is 11.2 Å². The molecule has 1 N–H and O–H groups in total. The number of rotatable bonds is 7. The summed E-state index contributed by atoms with van der Waals surface area (Å²) in [6.45, 7) is 6.37. The average Bonchev–Trinajstić information content (AvgIpc) is 3.14.